The minimum absolute atomic E-state index is 0.289. The van der Waals surface area contributed by atoms with E-state index in [1.165, 1.54) is 17.6 Å². The van der Waals surface area contributed by atoms with Crippen LogP contribution in [0.25, 0.3) is 0 Å². The van der Waals surface area contributed by atoms with Crippen molar-refractivity contribution >= 4 is 0 Å². The van der Waals surface area contributed by atoms with E-state index in [1.807, 2.05) is 18.2 Å². The molecule has 2 heteroatoms. The highest BCUT2D eigenvalue weighted by molar-refractivity contribution is 5.28. The molecule has 1 aromatic rings. The second-order valence-electron chi connectivity index (χ2n) is 7.35. The van der Waals surface area contributed by atoms with E-state index in [4.69, 9.17) is 10.5 Å². The Hall–Kier alpha value is -2.06. The average molecular weight is 306 g/mol. The number of nitriles is 2. The molecule has 120 valence electrons. The van der Waals surface area contributed by atoms with E-state index in [0.717, 1.165) is 19.3 Å². The monoisotopic (exact) mass is 306 g/mol. The maximum absolute atomic E-state index is 8.68. The van der Waals surface area contributed by atoms with Crippen LogP contribution in [0.3, 0.4) is 0 Å². The Labute approximate surface area is 140 Å². The summed E-state index contributed by atoms with van der Waals surface area (Å²) in [4.78, 5) is 0. The van der Waals surface area contributed by atoms with Gasteiger partial charge in [-0.2, -0.15) is 10.5 Å². The van der Waals surface area contributed by atoms with Crippen molar-refractivity contribution in [1.82, 2.24) is 0 Å². The van der Waals surface area contributed by atoms with Gasteiger partial charge < -0.3 is 0 Å². The van der Waals surface area contributed by atoms with Crippen LogP contribution in [0.2, 0.25) is 0 Å². The Bertz CT molecular complexity index is 628. The molecule has 0 bridgehead atoms. The van der Waals surface area contributed by atoms with Crippen LogP contribution in [0, 0.1) is 39.9 Å². The van der Waals surface area contributed by atoms with Crippen molar-refractivity contribution in [3.63, 3.8) is 0 Å². The number of hydrogen-bond acceptors (Lipinski definition) is 2. The molecule has 3 rings (SSSR count). The van der Waals surface area contributed by atoms with Gasteiger partial charge in [0.05, 0.1) is 24.0 Å². The van der Waals surface area contributed by atoms with Crippen LogP contribution in [-0.2, 0) is 0 Å². The summed E-state index contributed by atoms with van der Waals surface area (Å²) in [6.07, 6.45) is 6.74. The molecule has 2 aliphatic carbocycles. The van der Waals surface area contributed by atoms with Gasteiger partial charge in [0.25, 0.3) is 0 Å². The van der Waals surface area contributed by atoms with Crippen LogP contribution >= 0.6 is 0 Å². The second kappa shape index (κ2) is 7.47. The van der Waals surface area contributed by atoms with Crippen LogP contribution in [0.15, 0.2) is 42.0 Å². The number of benzene rings is 1. The Balaban J connectivity index is 0.000000167. The second-order valence-corrected chi connectivity index (χ2v) is 7.35. The molecule has 2 nitrogen and oxygen atoms in total. The lowest BCUT2D eigenvalue weighted by Crippen LogP contribution is -1.95. The molecule has 4 atom stereocenters. The van der Waals surface area contributed by atoms with Gasteiger partial charge in [0.2, 0.25) is 0 Å². The van der Waals surface area contributed by atoms with Gasteiger partial charge in [-0.1, -0.05) is 48.9 Å². The van der Waals surface area contributed by atoms with E-state index >= 15 is 0 Å². The summed E-state index contributed by atoms with van der Waals surface area (Å²) in [7, 11) is 0. The first kappa shape index (κ1) is 17.3. The van der Waals surface area contributed by atoms with Crippen molar-refractivity contribution in [2.75, 3.05) is 0 Å². The van der Waals surface area contributed by atoms with E-state index in [0.29, 0.717) is 17.3 Å². The van der Waals surface area contributed by atoms with Crippen LogP contribution in [-0.4, -0.2) is 0 Å². The summed E-state index contributed by atoms with van der Waals surface area (Å²) >= 11 is 0. The summed E-state index contributed by atoms with van der Waals surface area (Å²) in [5, 5.41) is 17.3. The van der Waals surface area contributed by atoms with Gasteiger partial charge in [0.15, 0.2) is 0 Å². The van der Waals surface area contributed by atoms with Crippen LogP contribution in [0.5, 0.6) is 0 Å². The van der Waals surface area contributed by atoms with Gasteiger partial charge in [-0.05, 0) is 50.5 Å². The third-order valence-corrected chi connectivity index (χ3v) is 4.96. The molecule has 0 saturated heterocycles. The van der Waals surface area contributed by atoms with E-state index in [1.54, 1.807) is 0 Å². The van der Waals surface area contributed by atoms with Crippen LogP contribution in [0.1, 0.15) is 57.9 Å². The van der Waals surface area contributed by atoms with Crippen molar-refractivity contribution in [3.8, 4) is 12.1 Å². The van der Waals surface area contributed by atoms with E-state index in [-0.39, 0.29) is 5.92 Å². The molecule has 0 spiro atoms. The zero-order chi connectivity index (χ0) is 16.9. The SMILES string of the molecule is CC(C)=CCCC1(C)CC1C#N.N#CC1CC1c1ccccc1. The Morgan fingerprint density at radius 2 is 1.91 bits per heavy atom. The molecule has 2 saturated carbocycles. The number of allylic oxidation sites excluding steroid dienone is 2. The number of rotatable bonds is 4. The summed E-state index contributed by atoms with van der Waals surface area (Å²) in [6, 6.07) is 14.9. The highest BCUT2D eigenvalue weighted by Gasteiger charge is 2.49. The van der Waals surface area contributed by atoms with Crippen molar-refractivity contribution < 1.29 is 0 Å². The molecular weight excluding hydrogens is 280 g/mol. The Morgan fingerprint density at radius 3 is 2.39 bits per heavy atom. The predicted octanol–water partition coefficient (Wildman–Crippen LogP) is 5.60. The molecule has 0 radical (unpaired) electrons. The maximum Gasteiger partial charge on any atom is 0.0662 e. The van der Waals surface area contributed by atoms with Crippen LogP contribution < -0.4 is 0 Å². The Morgan fingerprint density at radius 1 is 1.22 bits per heavy atom. The molecular formula is C21H26N2. The molecule has 0 heterocycles. The largest absolute Gasteiger partial charge is 0.198 e. The highest BCUT2D eigenvalue weighted by Crippen LogP contribution is 2.55. The molecule has 1 aromatic carbocycles. The summed E-state index contributed by atoms with van der Waals surface area (Å²) in [6.45, 7) is 6.47. The van der Waals surface area contributed by atoms with Gasteiger partial charge in [-0.25, -0.2) is 0 Å². The fourth-order valence-corrected chi connectivity index (χ4v) is 2.98. The number of hydrogen-bond donors (Lipinski definition) is 0. The van der Waals surface area contributed by atoms with Crippen molar-refractivity contribution in [2.45, 2.75) is 52.4 Å². The summed E-state index contributed by atoms with van der Waals surface area (Å²) in [5.74, 6) is 1.15. The summed E-state index contributed by atoms with van der Waals surface area (Å²) in [5.41, 5.74) is 3.05. The van der Waals surface area contributed by atoms with E-state index < -0.39 is 0 Å². The Kier molecular flexibility index (Phi) is 5.62. The maximum atomic E-state index is 8.68. The molecule has 0 N–H and O–H groups in total. The topological polar surface area (TPSA) is 47.6 Å². The molecule has 0 aliphatic heterocycles. The van der Waals surface area contributed by atoms with Crippen molar-refractivity contribution in [1.29, 1.82) is 10.5 Å². The summed E-state index contributed by atoms with van der Waals surface area (Å²) < 4.78 is 0. The first-order chi connectivity index (χ1) is 11.0. The zero-order valence-corrected chi connectivity index (χ0v) is 14.4. The van der Waals surface area contributed by atoms with Gasteiger partial charge in [-0.3, -0.25) is 0 Å². The molecule has 2 fully saturated rings. The zero-order valence-electron chi connectivity index (χ0n) is 14.4. The molecule has 0 aromatic heterocycles. The quantitative estimate of drug-likeness (QED) is 0.680. The smallest absolute Gasteiger partial charge is 0.0662 e. The lowest BCUT2D eigenvalue weighted by atomic mass is 9.99. The fraction of sp³-hybridized carbons (Fsp3) is 0.524. The third-order valence-electron chi connectivity index (χ3n) is 4.96. The molecule has 23 heavy (non-hydrogen) atoms. The van der Waals surface area contributed by atoms with Crippen molar-refractivity contribution in [2.24, 2.45) is 17.3 Å². The van der Waals surface area contributed by atoms with E-state index in [9.17, 15) is 0 Å². The van der Waals surface area contributed by atoms with E-state index in [2.05, 4.69) is 51.1 Å². The first-order valence-corrected chi connectivity index (χ1v) is 8.47. The number of nitrogens with zero attached hydrogens (tertiary/aromatic N) is 2. The lowest BCUT2D eigenvalue weighted by Gasteiger charge is -2.05. The average Bonchev–Trinajstić information content (AvgIpc) is 3.44. The predicted molar refractivity (Wildman–Crippen MR) is 93.4 cm³/mol. The van der Waals surface area contributed by atoms with Gasteiger partial charge in [0.1, 0.15) is 0 Å². The lowest BCUT2D eigenvalue weighted by molar-refractivity contribution is 0.497. The minimum atomic E-state index is 0.289. The molecule has 0 amide bonds. The third kappa shape index (κ3) is 4.97. The molecule has 4 unspecified atom stereocenters. The van der Waals surface area contributed by atoms with Crippen LogP contribution in [0.4, 0.5) is 0 Å². The van der Waals surface area contributed by atoms with Gasteiger partial charge in [-0.15, -0.1) is 0 Å². The standard InChI is InChI=1S/C11H17N.C10H9N/c1-9(2)5-4-6-11(3)7-10(11)8-12;11-7-9-6-10(9)8-4-2-1-3-5-8/h5,10H,4,6-7H2,1-3H3;1-5,9-10H,6H2. The first-order valence-electron chi connectivity index (χ1n) is 8.47. The highest BCUT2D eigenvalue weighted by atomic mass is 14.5. The molecule has 2 aliphatic rings. The fourth-order valence-electron chi connectivity index (χ4n) is 2.98. The normalized spacial score (nSPS) is 30.0. The van der Waals surface area contributed by atoms with Crippen molar-refractivity contribution in [3.05, 3.63) is 47.5 Å². The minimum Gasteiger partial charge on any atom is -0.198 e. The van der Waals surface area contributed by atoms with Gasteiger partial charge in [0, 0.05) is 5.92 Å². The van der Waals surface area contributed by atoms with Gasteiger partial charge >= 0.3 is 0 Å².